The van der Waals surface area contributed by atoms with Gasteiger partial charge >= 0.3 is 6.18 Å². The predicted octanol–water partition coefficient (Wildman–Crippen LogP) is 4.78. The number of amides is 1. The molecule has 2 aliphatic rings. The van der Waals surface area contributed by atoms with E-state index in [2.05, 4.69) is 25.4 Å². The maximum atomic E-state index is 13.0. The van der Waals surface area contributed by atoms with Crippen LogP contribution in [-0.2, 0) is 17.5 Å². The summed E-state index contributed by atoms with van der Waals surface area (Å²) in [4.78, 5) is 12.1. The van der Waals surface area contributed by atoms with Gasteiger partial charge in [-0.15, -0.1) is 10.2 Å². The average molecular weight is 454 g/mol. The van der Waals surface area contributed by atoms with Crippen LogP contribution in [0.3, 0.4) is 0 Å². The van der Waals surface area contributed by atoms with Crippen LogP contribution in [0.4, 0.5) is 18.9 Å². The second-order valence-electron chi connectivity index (χ2n) is 8.12. The highest BCUT2D eigenvalue weighted by Crippen LogP contribution is 2.34. The van der Waals surface area contributed by atoms with Crippen molar-refractivity contribution in [3.8, 4) is 0 Å². The van der Waals surface area contributed by atoms with Gasteiger partial charge in [-0.25, -0.2) is 0 Å². The number of halogens is 3. The molecule has 1 aromatic carbocycles. The molecular weight excluding hydrogens is 427 g/mol. The third-order valence-corrected chi connectivity index (χ3v) is 6.53. The lowest BCUT2D eigenvalue weighted by Crippen LogP contribution is -2.27. The van der Waals surface area contributed by atoms with Crippen LogP contribution in [0.5, 0.6) is 0 Å². The minimum Gasteiger partial charge on any atom is -0.378 e. The summed E-state index contributed by atoms with van der Waals surface area (Å²) in [6.07, 6.45) is 3.16. The number of nitrogens with one attached hydrogen (secondary N) is 2. The first kappa shape index (κ1) is 22.0. The molecule has 2 aromatic rings. The molecule has 2 N–H and O–H groups in total. The lowest BCUT2D eigenvalue weighted by molar-refractivity contribution is -0.137. The van der Waals surface area contributed by atoms with Gasteiger partial charge in [-0.05, 0) is 43.9 Å². The number of aromatic nitrogens is 3. The molecule has 4 rings (SSSR count). The number of hydrogen-bond acceptors (Lipinski definition) is 5. The summed E-state index contributed by atoms with van der Waals surface area (Å²) in [6, 6.07) is 5.70. The number of alkyl halides is 3. The van der Waals surface area contributed by atoms with E-state index in [0.717, 1.165) is 50.7 Å². The molecule has 0 bridgehead atoms. The number of thioether (sulfide) groups is 1. The second-order valence-corrected chi connectivity index (χ2v) is 9.07. The largest absolute Gasteiger partial charge is 0.416 e. The molecule has 0 radical (unpaired) electrons. The van der Waals surface area contributed by atoms with E-state index < -0.39 is 11.7 Å². The van der Waals surface area contributed by atoms with Crippen LogP contribution in [0.2, 0.25) is 0 Å². The number of anilines is 1. The maximum Gasteiger partial charge on any atom is 0.416 e. The summed E-state index contributed by atoms with van der Waals surface area (Å²) in [5.74, 6) is 0.950. The molecule has 0 spiro atoms. The van der Waals surface area contributed by atoms with Crippen molar-refractivity contribution in [3.63, 3.8) is 0 Å². The van der Waals surface area contributed by atoms with Gasteiger partial charge in [0.1, 0.15) is 0 Å². The van der Waals surface area contributed by atoms with E-state index >= 15 is 0 Å². The van der Waals surface area contributed by atoms with Crippen molar-refractivity contribution in [2.24, 2.45) is 0 Å². The summed E-state index contributed by atoms with van der Waals surface area (Å²) in [6.45, 7) is 0.264. The Hall–Kier alpha value is -2.23. The van der Waals surface area contributed by atoms with Gasteiger partial charge in [-0.1, -0.05) is 37.1 Å². The zero-order chi connectivity index (χ0) is 21.8. The zero-order valence-electron chi connectivity index (χ0n) is 17.1. The van der Waals surface area contributed by atoms with Gasteiger partial charge in [0, 0.05) is 17.8 Å². The highest BCUT2D eigenvalue weighted by molar-refractivity contribution is 7.99. The SMILES string of the molecule is O=C(CSc1nnc(CNc2cccc(C(F)(F)F)c2)n1C1CCCCC1)NC1CC1. The van der Waals surface area contributed by atoms with E-state index in [1.807, 2.05) is 0 Å². The normalized spacial score (nSPS) is 17.5. The molecule has 1 heterocycles. The Morgan fingerprint density at radius 2 is 1.90 bits per heavy atom. The van der Waals surface area contributed by atoms with Crippen LogP contribution in [0.25, 0.3) is 0 Å². The van der Waals surface area contributed by atoms with Gasteiger partial charge in [0.15, 0.2) is 11.0 Å². The molecule has 168 valence electrons. The zero-order valence-corrected chi connectivity index (χ0v) is 17.9. The highest BCUT2D eigenvalue weighted by Gasteiger charge is 2.30. The van der Waals surface area contributed by atoms with Crippen molar-refractivity contribution < 1.29 is 18.0 Å². The fourth-order valence-corrected chi connectivity index (χ4v) is 4.68. The Balaban J connectivity index is 1.47. The molecule has 31 heavy (non-hydrogen) atoms. The standard InChI is InChI=1S/C21H26F3N5OS/c22-21(23,24)14-5-4-6-16(11-14)25-12-18-27-28-20(29(18)17-7-2-1-3-8-17)31-13-19(30)26-15-9-10-15/h4-6,11,15,17,25H,1-3,7-10,12-13H2,(H,26,30). The smallest absolute Gasteiger partial charge is 0.378 e. The second kappa shape index (κ2) is 9.50. The molecular formula is C21H26F3N5OS. The van der Waals surface area contributed by atoms with Crippen LogP contribution in [-0.4, -0.2) is 32.5 Å². The van der Waals surface area contributed by atoms with Gasteiger partial charge in [0.25, 0.3) is 0 Å². The molecule has 10 heteroatoms. The number of carbonyl (C=O) groups excluding carboxylic acids is 1. The third-order valence-electron chi connectivity index (χ3n) is 5.59. The van der Waals surface area contributed by atoms with Crippen molar-refractivity contribution in [1.29, 1.82) is 0 Å². The molecule has 0 atom stereocenters. The summed E-state index contributed by atoms with van der Waals surface area (Å²) in [7, 11) is 0. The Kier molecular flexibility index (Phi) is 6.74. The monoisotopic (exact) mass is 453 g/mol. The lowest BCUT2D eigenvalue weighted by Gasteiger charge is -2.25. The summed E-state index contributed by atoms with van der Waals surface area (Å²) >= 11 is 1.37. The van der Waals surface area contributed by atoms with E-state index in [4.69, 9.17) is 0 Å². The first-order valence-corrected chi connectivity index (χ1v) is 11.7. The fourth-order valence-electron chi connectivity index (χ4n) is 3.85. The number of hydrogen-bond donors (Lipinski definition) is 2. The average Bonchev–Trinajstić information content (AvgIpc) is 3.47. The topological polar surface area (TPSA) is 71.8 Å². The van der Waals surface area contributed by atoms with Gasteiger partial charge in [0.2, 0.25) is 5.91 Å². The minimum absolute atomic E-state index is 0.00525. The van der Waals surface area contributed by atoms with Crippen molar-refractivity contribution in [3.05, 3.63) is 35.7 Å². The van der Waals surface area contributed by atoms with E-state index in [1.165, 1.54) is 24.2 Å². The number of carbonyl (C=O) groups is 1. The number of nitrogens with zero attached hydrogens (tertiary/aromatic N) is 3. The van der Waals surface area contributed by atoms with Crippen LogP contribution < -0.4 is 10.6 Å². The molecule has 2 fully saturated rings. The lowest BCUT2D eigenvalue weighted by atomic mass is 9.95. The molecule has 2 aliphatic carbocycles. The number of benzene rings is 1. The number of rotatable bonds is 8. The van der Waals surface area contributed by atoms with Gasteiger partial charge < -0.3 is 15.2 Å². The van der Waals surface area contributed by atoms with E-state index in [0.29, 0.717) is 22.7 Å². The molecule has 1 amide bonds. The van der Waals surface area contributed by atoms with Crippen molar-refractivity contribution in [2.45, 2.75) is 74.9 Å². The van der Waals surface area contributed by atoms with E-state index in [-0.39, 0.29) is 24.2 Å². The Morgan fingerprint density at radius 1 is 1.13 bits per heavy atom. The summed E-state index contributed by atoms with van der Waals surface area (Å²) < 4.78 is 41.0. The highest BCUT2D eigenvalue weighted by atomic mass is 32.2. The molecule has 6 nitrogen and oxygen atoms in total. The van der Waals surface area contributed by atoms with Crippen LogP contribution >= 0.6 is 11.8 Å². The van der Waals surface area contributed by atoms with E-state index in [1.54, 1.807) is 6.07 Å². The summed E-state index contributed by atoms with van der Waals surface area (Å²) in [5, 5.41) is 15.3. The molecule has 2 saturated carbocycles. The van der Waals surface area contributed by atoms with Crippen molar-refractivity contribution in [2.75, 3.05) is 11.1 Å². The third kappa shape index (κ3) is 5.93. The van der Waals surface area contributed by atoms with E-state index in [9.17, 15) is 18.0 Å². The van der Waals surface area contributed by atoms with Crippen molar-refractivity contribution in [1.82, 2.24) is 20.1 Å². The van der Waals surface area contributed by atoms with Gasteiger partial charge in [0.05, 0.1) is 17.9 Å². The molecule has 0 unspecified atom stereocenters. The first-order chi connectivity index (χ1) is 14.9. The Bertz CT molecular complexity index is 907. The van der Waals surface area contributed by atoms with Crippen LogP contribution in [0, 0.1) is 0 Å². The molecule has 1 aromatic heterocycles. The molecule has 0 aliphatic heterocycles. The Morgan fingerprint density at radius 3 is 2.61 bits per heavy atom. The predicted molar refractivity (Wildman–Crippen MR) is 113 cm³/mol. The van der Waals surface area contributed by atoms with Gasteiger partial charge in [-0.3, -0.25) is 4.79 Å². The van der Waals surface area contributed by atoms with Gasteiger partial charge in [-0.2, -0.15) is 13.2 Å². The maximum absolute atomic E-state index is 13.0. The van der Waals surface area contributed by atoms with Crippen molar-refractivity contribution >= 4 is 23.4 Å². The fraction of sp³-hybridized carbons (Fsp3) is 0.571. The quantitative estimate of drug-likeness (QED) is 0.563. The summed E-state index contributed by atoms with van der Waals surface area (Å²) in [5.41, 5.74) is -0.310. The minimum atomic E-state index is -4.38. The van der Waals surface area contributed by atoms with Crippen LogP contribution in [0.1, 0.15) is 62.4 Å². The first-order valence-electron chi connectivity index (χ1n) is 10.7. The molecule has 0 saturated heterocycles. The Labute approximate surface area is 183 Å². The van der Waals surface area contributed by atoms with Crippen LogP contribution in [0.15, 0.2) is 29.4 Å².